The van der Waals surface area contributed by atoms with Crippen LogP contribution in [0.1, 0.15) is 25.7 Å². The molecular weight excluding hydrogens is 186 g/mol. The topological polar surface area (TPSA) is 53.6 Å². The number of rotatable bonds is 2. The Kier molecular flexibility index (Phi) is 2.35. The Labute approximate surface area is 81.0 Å². The summed E-state index contributed by atoms with van der Waals surface area (Å²) in [7, 11) is 0. The molecule has 1 aliphatic rings. The lowest BCUT2D eigenvalue weighted by molar-refractivity contribution is 0.446. The summed E-state index contributed by atoms with van der Waals surface area (Å²) < 4.78 is 2.13. The monoisotopic (exact) mass is 199 g/mol. The second-order valence-corrected chi connectivity index (χ2v) is 4.01. The summed E-state index contributed by atoms with van der Waals surface area (Å²) in [5.74, 6) is 0.642. The molecule has 2 N–H and O–H groups in total. The van der Waals surface area contributed by atoms with Gasteiger partial charge in [0.1, 0.15) is 0 Å². The highest BCUT2D eigenvalue weighted by Crippen LogP contribution is 2.25. The lowest BCUT2D eigenvalue weighted by Gasteiger charge is -2.07. The lowest BCUT2D eigenvalue weighted by atomic mass is 10.1. The first-order chi connectivity index (χ1) is 6.27. The maximum absolute atomic E-state index is 11.2. The summed E-state index contributed by atoms with van der Waals surface area (Å²) in [6, 6.07) is 0. The second kappa shape index (κ2) is 3.49. The van der Waals surface area contributed by atoms with Crippen LogP contribution in [0, 0.1) is 10.7 Å². The fourth-order valence-electron chi connectivity index (χ4n) is 1.95. The van der Waals surface area contributed by atoms with Crippen LogP contribution in [-0.4, -0.2) is 14.8 Å². The minimum absolute atomic E-state index is 0.114. The van der Waals surface area contributed by atoms with E-state index in [0.717, 1.165) is 6.54 Å². The fraction of sp³-hybridized carbons (Fsp3) is 0.750. The molecule has 0 spiro atoms. The molecule has 0 radical (unpaired) electrons. The molecule has 4 nitrogen and oxygen atoms in total. The quantitative estimate of drug-likeness (QED) is 0.708. The number of hydrogen-bond acceptors (Lipinski definition) is 2. The molecule has 1 aliphatic carbocycles. The van der Waals surface area contributed by atoms with Gasteiger partial charge in [0.25, 0.3) is 0 Å². The largest absolute Gasteiger partial charge is 0.342 e. The summed E-state index contributed by atoms with van der Waals surface area (Å²) >= 11 is 4.98. The van der Waals surface area contributed by atoms with Gasteiger partial charge in [-0.25, -0.2) is 9.89 Å². The molecule has 1 fully saturated rings. The first kappa shape index (κ1) is 8.74. The zero-order valence-corrected chi connectivity index (χ0v) is 8.19. The third kappa shape index (κ3) is 1.75. The van der Waals surface area contributed by atoms with Crippen LogP contribution in [0.25, 0.3) is 0 Å². The predicted molar refractivity (Wildman–Crippen MR) is 52.2 cm³/mol. The first-order valence-corrected chi connectivity index (χ1v) is 5.05. The van der Waals surface area contributed by atoms with Crippen molar-refractivity contribution in [1.82, 2.24) is 14.8 Å². The molecule has 72 valence electrons. The number of hydrogen-bond donors (Lipinski definition) is 2. The number of aromatic nitrogens is 3. The molecular formula is C8H13N3OS. The van der Waals surface area contributed by atoms with Crippen molar-refractivity contribution in [3.05, 3.63) is 15.3 Å². The van der Waals surface area contributed by atoms with Gasteiger partial charge in [-0.15, -0.1) is 0 Å². The van der Waals surface area contributed by atoms with Crippen molar-refractivity contribution in [2.24, 2.45) is 5.92 Å². The van der Waals surface area contributed by atoms with Gasteiger partial charge in [-0.05, 0) is 31.0 Å². The van der Waals surface area contributed by atoms with E-state index in [0.29, 0.717) is 10.7 Å². The molecule has 2 rings (SSSR count). The van der Waals surface area contributed by atoms with E-state index >= 15 is 0 Å². The van der Waals surface area contributed by atoms with E-state index in [2.05, 4.69) is 10.2 Å². The van der Waals surface area contributed by atoms with Crippen molar-refractivity contribution in [2.75, 3.05) is 0 Å². The van der Waals surface area contributed by atoms with Gasteiger partial charge in [0.2, 0.25) is 0 Å². The van der Waals surface area contributed by atoms with Gasteiger partial charge in [-0.2, -0.15) is 0 Å². The summed E-state index contributed by atoms with van der Waals surface area (Å²) in [4.78, 5) is 11.2. The summed E-state index contributed by atoms with van der Waals surface area (Å²) in [5, 5.41) is 5.14. The van der Waals surface area contributed by atoms with Crippen molar-refractivity contribution in [1.29, 1.82) is 0 Å². The van der Waals surface area contributed by atoms with E-state index in [1.807, 2.05) is 0 Å². The smallest absolute Gasteiger partial charge is 0.272 e. The SMILES string of the molecule is O=c1[nH][nH]c(=S)n1CC1CCCC1. The highest BCUT2D eigenvalue weighted by Gasteiger charge is 2.16. The van der Waals surface area contributed by atoms with Crippen molar-refractivity contribution in [2.45, 2.75) is 32.2 Å². The molecule has 13 heavy (non-hydrogen) atoms. The van der Waals surface area contributed by atoms with E-state index in [4.69, 9.17) is 12.2 Å². The van der Waals surface area contributed by atoms with Crippen molar-refractivity contribution >= 4 is 12.2 Å². The molecule has 0 bridgehead atoms. The Hall–Kier alpha value is -0.840. The van der Waals surface area contributed by atoms with Gasteiger partial charge < -0.3 is 0 Å². The summed E-state index contributed by atoms with van der Waals surface area (Å²) in [5.41, 5.74) is -0.114. The average molecular weight is 199 g/mol. The Morgan fingerprint density at radius 1 is 1.38 bits per heavy atom. The van der Waals surface area contributed by atoms with Gasteiger partial charge >= 0.3 is 5.69 Å². The molecule has 0 aliphatic heterocycles. The minimum atomic E-state index is -0.114. The van der Waals surface area contributed by atoms with E-state index in [9.17, 15) is 4.79 Å². The molecule has 0 saturated heterocycles. The van der Waals surface area contributed by atoms with Gasteiger partial charge in [-0.3, -0.25) is 9.67 Å². The highest BCUT2D eigenvalue weighted by atomic mass is 32.1. The van der Waals surface area contributed by atoms with Crippen molar-refractivity contribution < 1.29 is 0 Å². The van der Waals surface area contributed by atoms with Crippen LogP contribution in [-0.2, 0) is 6.54 Å². The van der Waals surface area contributed by atoms with E-state index in [-0.39, 0.29) is 5.69 Å². The van der Waals surface area contributed by atoms with Crippen LogP contribution in [0.5, 0.6) is 0 Å². The Morgan fingerprint density at radius 2 is 2.08 bits per heavy atom. The molecule has 1 heterocycles. The van der Waals surface area contributed by atoms with Gasteiger partial charge in [0, 0.05) is 6.54 Å². The summed E-state index contributed by atoms with van der Waals surface area (Å²) in [6.07, 6.45) is 5.04. The van der Waals surface area contributed by atoms with Crippen LogP contribution in [0.2, 0.25) is 0 Å². The number of aromatic amines is 2. The lowest BCUT2D eigenvalue weighted by Crippen LogP contribution is -2.20. The standard InChI is InChI=1S/C8H13N3OS/c12-7-9-10-8(13)11(7)5-6-3-1-2-4-6/h6H,1-5H2,(H,9,12)(H,10,13). The molecule has 0 atom stereocenters. The Morgan fingerprint density at radius 3 is 2.62 bits per heavy atom. The maximum atomic E-state index is 11.2. The Bertz CT molecular complexity index is 355. The van der Waals surface area contributed by atoms with Crippen LogP contribution in [0.15, 0.2) is 4.79 Å². The molecule has 0 amide bonds. The number of H-pyrrole nitrogens is 2. The van der Waals surface area contributed by atoms with Gasteiger partial charge in [0.05, 0.1) is 0 Å². The zero-order valence-electron chi connectivity index (χ0n) is 7.38. The molecule has 1 aromatic heterocycles. The van der Waals surface area contributed by atoms with Crippen molar-refractivity contribution in [3.63, 3.8) is 0 Å². The normalized spacial score (nSPS) is 18.2. The predicted octanol–water partition coefficient (Wildman–Crippen LogP) is 1.42. The van der Waals surface area contributed by atoms with E-state index in [1.54, 1.807) is 4.57 Å². The first-order valence-electron chi connectivity index (χ1n) is 4.65. The van der Waals surface area contributed by atoms with Crippen LogP contribution in [0.4, 0.5) is 0 Å². The third-order valence-corrected chi connectivity index (χ3v) is 3.00. The van der Waals surface area contributed by atoms with Gasteiger partial charge in [-0.1, -0.05) is 12.8 Å². The zero-order chi connectivity index (χ0) is 9.26. The fourth-order valence-corrected chi connectivity index (χ4v) is 2.16. The van der Waals surface area contributed by atoms with Crippen LogP contribution >= 0.6 is 12.2 Å². The van der Waals surface area contributed by atoms with Gasteiger partial charge in [0.15, 0.2) is 4.77 Å². The van der Waals surface area contributed by atoms with E-state index < -0.39 is 0 Å². The molecule has 1 saturated carbocycles. The van der Waals surface area contributed by atoms with E-state index in [1.165, 1.54) is 25.7 Å². The molecule has 0 aromatic carbocycles. The molecule has 5 heteroatoms. The highest BCUT2D eigenvalue weighted by molar-refractivity contribution is 7.71. The van der Waals surface area contributed by atoms with Crippen LogP contribution in [0.3, 0.4) is 0 Å². The molecule has 0 unspecified atom stereocenters. The number of nitrogens with zero attached hydrogens (tertiary/aromatic N) is 1. The Balaban J connectivity index is 2.17. The number of nitrogens with one attached hydrogen (secondary N) is 2. The maximum Gasteiger partial charge on any atom is 0.342 e. The van der Waals surface area contributed by atoms with Crippen molar-refractivity contribution in [3.8, 4) is 0 Å². The summed E-state index contributed by atoms with van der Waals surface area (Å²) in [6.45, 7) is 0.775. The second-order valence-electron chi connectivity index (χ2n) is 3.62. The molecule has 1 aromatic rings. The minimum Gasteiger partial charge on any atom is -0.272 e. The average Bonchev–Trinajstić information content (AvgIpc) is 2.70. The third-order valence-electron chi connectivity index (χ3n) is 2.68. The van der Waals surface area contributed by atoms with Crippen LogP contribution < -0.4 is 5.69 Å².